The van der Waals surface area contributed by atoms with E-state index in [4.69, 9.17) is 2.74 Å². The zero-order chi connectivity index (χ0) is 14.8. The van der Waals surface area contributed by atoms with Crippen molar-refractivity contribution in [2.45, 2.75) is 6.18 Å². The highest BCUT2D eigenvalue weighted by molar-refractivity contribution is 5.77. The molecule has 0 fully saturated rings. The highest BCUT2D eigenvalue weighted by Gasteiger charge is 2.29. The maximum absolute atomic E-state index is 12.5. The van der Waals surface area contributed by atoms with Crippen molar-refractivity contribution in [1.82, 2.24) is 0 Å². The SMILES string of the molecule is [2H]C([2H])=C(c1ccccc1)c1ccc(C(F)(F)F)cc1. The average molecular weight is 250 g/mol. The van der Waals surface area contributed by atoms with Gasteiger partial charge in [0.05, 0.1) is 8.30 Å². The van der Waals surface area contributed by atoms with Gasteiger partial charge in [0.1, 0.15) is 0 Å². The van der Waals surface area contributed by atoms with Gasteiger partial charge in [0.2, 0.25) is 0 Å². The molecular formula is C15H11F3. The normalized spacial score (nSPS) is 12.6. The van der Waals surface area contributed by atoms with Crippen LogP contribution in [0.15, 0.2) is 61.1 Å². The van der Waals surface area contributed by atoms with E-state index in [2.05, 4.69) is 0 Å². The highest BCUT2D eigenvalue weighted by Crippen LogP contribution is 2.30. The minimum Gasteiger partial charge on any atom is -0.166 e. The monoisotopic (exact) mass is 250 g/mol. The Morgan fingerprint density at radius 1 is 0.889 bits per heavy atom. The Bertz CT molecular complexity index is 610. The van der Waals surface area contributed by atoms with Crippen LogP contribution in [0.2, 0.25) is 0 Å². The van der Waals surface area contributed by atoms with Crippen LogP contribution >= 0.6 is 0 Å². The van der Waals surface area contributed by atoms with Crippen LogP contribution in [0.4, 0.5) is 13.2 Å². The van der Waals surface area contributed by atoms with E-state index in [1.807, 2.05) is 0 Å². The number of halogens is 3. The number of hydrogen-bond acceptors (Lipinski definition) is 0. The minimum absolute atomic E-state index is 0.305. The number of alkyl halides is 3. The van der Waals surface area contributed by atoms with Crippen molar-refractivity contribution in [1.29, 1.82) is 0 Å². The summed E-state index contributed by atoms with van der Waals surface area (Å²) in [6.45, 7) is -0.434. The fraction of sp³-hybridized carbons (Fsp3) is 0.0667. The van der Waals surface area contributed by atoms with E-state index in [0.29, 0.717) is 16.7 Å². The first-order valence-electron chi connectivity index (χ1n) is 6.30. The van der Waals surface area contributed by atoms with Crippen molar-refractivity contribution in [3.63, 3.8) is 0 Å². The van der Waals surface area contributed by atoms with E-state index in [0.717, 1.165) is 12.1 Å². The Morgan fingerprint density at radius 2 is 1.44 bits per heavy atom. The Balaban J connectivity index is 2.46. The summed E-state index contributed by atoms with van der Waals surface area (Å²) < 4.78 is 52.6. The minimum atomic E-state index is -4.39. The molecule has 3 heteroatoms. The summed E-state index contributed by atoms with van der Waals surface area (Å²) in [5.41, 5.74) is 0.612. The first kappa shape index (κ1) is 9.95. The standard InChI is InChI=1S/C15H11F3/c1-11(12-5-3-2-4-6-12)13-7-9-14(10-8-13)15(16,17)18/h2-10H,1H2/i1D2. The summed E-state index contributed by atoms with van der Waals surface area (Å²) in [5.74, 6) is 0. The molecule has 0 aliphatic heterocycles. The van der Waals surface area contributed by atoms with Gasteiger partial charge in [-0.25, -0.2) is 0 Å². The quantitative estimate of drug-likeness (QED) is 0.720. The predicted octanol–water partition coefficient (Wildman–Crippen LogP) is 4.77. The van der Waals surface area contributed by atoms with Crippen LogP contribution in [0.25, 0.3) is 5.57 Å². The summed E-state index contributed by atoms with van der Waals surface area (Å²) in [6, 6.07) is 13.2. The van der Waals surface area contributed by atoms with Gasteiger partial charge in [0.15, 0.2) is 0 Å². The Kier molecular flexibility index (Phi) is 2.59. The van der Waals surface area contributed by atoms with Crippen LogP contribution in [0.3, 0.4) is 0 Å². The fourth-order valence-corrected chi connectivity index (χ4v) is 1.60. The first-order chi connectivity index (χ1) is 9.39. The second kappa shape index (κ2) is 4.69. The Hall–Kier alpha value is -2.03. The number of rotatable bonds is 2. The van der Waals surface area contributed by atoms with Crippen LogP contribution in [0, 0.1) is 0 Å². The van der Waals surface area contributed by atoms with Gasteiger partial charge >= 0.3 is 6.18 Å². The van der Waals surface area contributed by atoms with Crippen LogP contribution < -0.4 is 0 Å². The summed E-state index contributed by atoms with van der Waals surface area (Å²) in [6.07, 6.45) is -4.39. The number of benzene rings is 2. The molecule has 18 heavy (non-hydrogen) atoms. The topological polar surface area (TPSA) is 0 Å². The van der Waals surface area contributed by atoms with Gasteiger partial charge in [-0.15, -0.1) is 0 Å². The third-order valence-electron chi connectivity index (χ3n) is 2.56. The van der Waals surface area contributed by atoms with Crippen molar-refractivity contribution < 1.29 is 15.9 Å². The molecular weight excluding hydrogens is 237 g/mol. The molecule has 0 saturated heterocycles. The third-order valence-corrected chi connectivity index (χ3v) is 2.56. The Labute approximate surface area is 106 Å². The second-order valence-corrected chi connectivity index (χ2v) is 3.82. The molecule has 0 N–H and O–H groups in total. The van der Waals surface area contributed by atoms with Crippen molar-refractivity contribution in [3.05, 3.63) is 77.8 Å². The second-order valence-electron chi connectivity index (χ2n) is 3.82. The van der Waals surface area contributed by atoms with Crippen LogP contribution in [0.5, 0.6) is 0 Å². The summed E-state index contributed by atoms with van der Waals surface area (Å²) in [7, 11) is 0. The zero-order valence-electron chi connectivity index (χ0n) is 11.3. The van der Waals surface area contributed by atoms with Gasteiger partial charge in [-0.3, -0.25) is 0 Å². The lowest BCUT2D eigenvalue weighted by molar-refractivity contribution is -0.137. The van der Waals surface area contributed by atoms with Crippen molar-refractivity contribution in [2.24, 2.45) is 0 Å². The van der Waals surface area contributed by atoms with Crippen LogP contribution in [-0.4, -0.2) is 0 Å². The van der Waals surface area contributed by atoms with Gasteiger partial charge in [0.25, 0.3) is 0 Å². The molecule has 2 rings (SSSR count). The Morgan fingerprint density at radius 3 is 1.94 bits per heavy atom. The highest BCUT2D eigenvalue weighted by atomic mass is 19.4. The molecule has 0 heterocycles. The van der Waals surface area contributed by atoms with Crippen LogP contribution in [-0.2, 0) is 6.18 Å². The first-order valence-corrected chi connectivity index (χ1v) is 5.30. The van der Waals surface area contributed by atoms with Crippen molar-refractivity contribution >= 4 is 5.57 Å². The molecule has 0 aromatic heterocycles. The third kappa shape index (κ3) is 2.62. The molecule has 2 aromatic rings. The largest absolute Gasteiger partial charge is 0.416 e. The molecule has 0 radical (unpaired) electrons. The molecule has 0 aliphatic carbocycles. The molecule has 0 unspecified atom stereocenters. The van der Waals surface area contributed by atoms with Crippen molar-refractivity contribution in [3.8, 4) is 0 Å². The maximum Gasteiger partial charge on any atom is 0.416 e. The smallest absolute Gasteiger partial charge is 0.166 e. The lowest BCUT2D eigenvalue weighted by atomic mass is 9.99. The molecule has 0 spiro atoms. The molecule has 0 amide bonds. The van der Waals surface area contributed by atoms with Crippen LogP contribution in [0.1, 0.15) is 19.4 Å². The summed E-state index contributed by atoms with van der Waals surface area (Å²) >= 11 is 0. The van der Waals surface area contributed by atoms with Gasteiger partial charge in [0, 0.05) is 0 Å². The van der Waals surface area contributed by atoms with E-state index < -0.39 is 18.3 Å². The lowest BCUT2D eigenvalue weighted by Gasteiger charge is -2.09. The van der Waals surface area contributed by atoms with E-state index in [1.165, 1.54) is 12.1 Å². The molecule has 0 nitrogen and oxygen atoms in total. The maximum atomic E-state index is 12.5. The number of hydrogen-bond donors (Lipinski definition) is 0. The van der Waals surface area contributed by atoms with E-state index >= 15 is 0 Å². The van der Waals surface area contributed by atoms with E-state index in [-0.39, 0.29) is 0 Å². The zero-order valence-corrected chi connectivity index (χ0v) is 9.33. The molecule has 0 atom stereocenters. The molecule has 0 bridgehead atoms. The summed E-state index contributed by atoms with van der Waals surface area (Å²) in [5, 5.41) is 0. The van der Waals surface area contributed by atoms with E-state index in [9.17, 15) is 13.2 Å². The summed E-state index contributed by atoms with van der Waals surface area (Å²) in [4.78, 5) is 0. The molecule has 0 aliphatic rings. The van der Waals surface area contributed by atoms with Gasteiger partial charge in [-0.05, 0) is 28.8 Å². The lowest BCUT2D eigenvalue weighted by Crippen LogP contribution is -2.04. The molecule has 92 valence electrons. The fourth-order valence-electron chi connectivity index (χ4n) is 1.60. The molecule has 0 saturated carbocycles. The van der Waals surface area contributed by atoms with E-state index in [1.54, 1.807) is 30.3 Å². The van der Waals surface area contributed by atoms with Crippen molar-refractivity contribution in [2.75, 3.05) is 0 Å². The predicted molar refractivity (Wildman–Crippen MR) is 66.0 cm³/mol. The molecule has 2 aromatic carbocycles. The van der Waals surface area contributed by atoms with Gasteiger partial charge in [-0.1, -0.05) is 49.0 Å². The average Bonchev–Trinajstić information content (AvgIpc) is 2.39. The van der Waals surface area contributed by atoms with Gasteiger partial charge < -0.3 is 0 Å². The van der Waals surface area contributed by atoms with Gasteiger partial charge in [-0.2, -0.15) is 13.2 Å².